The fourth-order valence-corrected chi connectivity index (χ4v) is 3.12. The fraction of sp³-hybridized carbons (Fsp3) is 0.167. The Kier molecular flexibility index (Phi) is 4.77. The summed E-state index contributed by atoms with van der Waals surface area (Å²) in [7, 11) is 3.15. The first-order valence-corrected chi connectivity index (χ1v) is 8.73. The molecule has 1 amide bonds. The zero-order chi connectivity index (χ0) is 18.8. The van der Waals surface area contributed by atoms with Crippen LogP contribution in [-0.2, 0) is 6.54 Å². The number of nitrogens with one attached hydrogen (secondary N) is 2. The molecule has 3 aromatic rings. The lowest BCUT2D eigenvalue weighted by atomic mass is 10.1. The second-order valence-electron chi connectivity index (χ2n) is 5.92. The average molecular weight is 371 g/mol. The molecule has 0 saturated heterocycles. The predicted octanol–water partition coefficient (Wildman–Crippen LogP) is 2.11. The number of thiophene rings is 1. The van der Waals surface area contributed by atoms with Gasteiger partial charge in [-0.15, -0.1) is 0 Å². The number of benzene rings is 1. The molecular weight excluding hydrogens is 354 g/mol. The third kappa shape index (κ3) is 3.18. The lowest BCUT2D eigenvalue weighted by molar-refractivity contribution is 0.0824. The van der Waals surface area contributed by atoms with E-state index >= 15 is 0 Å². The van der Waals surface area contributed by atoms with E-state index in [2.05, 4.69) is 10.6 Å². The van der Waals surface area contributed by atoms with Gasteiger partial charge in [-0.25, -0.2) is 0 Å². The van der Waals surface area contributed by atoms with Crippen LogP contribution in [0.3, 0.4) is 0 Å². The van der Waals surface area contributed by atoms with Gasteiger partial charge in [-0.05, 0) is 34.5 Å². The van der Waals surface area contributed by atoms with Crippen LogP contribution in [0, 0.1) is 0 Å². The molecule has 3 rings (SSSR count). The number of carbonyl (C=O) groups excluding carboxylic acids is 1. The quantitative estimate of drug-likeness (QED) is 0.453. The van der Waals surface area contributed by atoms with E-state index in [1.54, 1.807) is 20.2 Å². The fourth-order valence-electron chi connectivity index (χ4n) is 2.46. The summed E-state index contributed by atoms with van der Waals surface area (Å²) >= 11 is 1.54. The van der Waals surface area contributed by atoms with Gasteiger partial charge in [0, 0.05) is 20.6 Å². The van der Waals surface area contributed by atoms with Gasteiger partial charge in [0.25, 0.3) is 16.8 Å². The van der Waals surface area contributed by atoms with E-state index in [9.17, 15) is 19.5 Å². The van der Waals surface area contributed by atoms with Crippen molar-refractivity contribution in [1.82, 2.24) is 4.90 Å². The topological polar surface area (TPSA) is 98.7 Å². The lowest BCUT2D eigenvalue weighted by Gasteiger charge is -2.17. The summed E-state index contributed by atoms with van der Waals surface area (Å²) in [6, 6.07) is 6.52. The van der Waals surface area contributed by atoms with Crippen LogP contribution in [-0.4, -0.2) is 30.0 Å². The number of phenols is 1. The van der Waals surface area contributed by atoms with Crippen LogP contribution in [0.25, 0.3) is 0 Å². The Morgan fingerprint density at radius 3 is 2.54 bits per heavy atom. The summed E-state index contributed by atoms with van der Waals surface area (Å²) in [6.45, 7) is 0.411. The van der Waals surface area contributed by atoms with Crippen molar-refractivity contribution in [3.05, 3.63) is 66.6 Å². The zero-order valence-electron chi connectivity index (χ0n) is 14.2. The Bertz CT molecular complexity index is 1020. The van der Waals surface area contributed by atoms with Gasteiger partial charge in [0.1, 0.15) is 11.4 Å². The number of hydrogen-bond acceptors (Lipinski definition) is 7. The Morgan fingerprint density at radius 2 is 1.88 bits per heavy atom. The summed E-state index contributed by atoms with van der Waals surface area (Å²) in [5, 5.41) is 19.9. The van der Waals surface area contributed by atoms with Crippen LogP contribution in [0.15, 0.2) is 44.6 Å². The molecule has 0 aliphatic rings. The molecule has 0 spiro atoms. The third-order valence-electron chi connectivity index (χ3n) is 3.89. The number of hydrogen-bond donors (Lipinski definition) is 3. The maximum atomic E-state index is 12.1. The molecule has 3 N–H and O–H groups in total. The highest BCUT2D eigenvalue weighted by Gasteiger charge is 2.23. The molecule has 0 bridgehead atoms. The molecule has 0 aliphatic carbocycles. The Hall–Kier alpha value is -3.13. The minimum atomic E-state index is -0.665. The van der Waals surface area contributed by atoms with E-state index < -0.39 is 10.9 Å². The number of carbonyl (C=O) groups is 1. The van der Waals surface area contributed by atoms with Gasteiger partial charge in [0.05, 0.1) is 11.3 Å². The third-order valence-corrected chi connectivity index (χ3v) is 4.62. The molecule has 8 heteroatoms. The van der Waals surface area contributed by atoms with Crippen molar-refractivity contribution >= 4 is 34.3 Å². The maximum Gasteiger partial charge on any atom is 0.257 e. The molecule has 26 heavy (non-hydrogen) atoms. The van der Waals surface area contributed by atoms with E-state index in [1.165, 1.54) is 28.4 Å². The number of rotatable bonds is 6. The second kappa shape index (κ2) is 7.01. The molecule has 0 unspecified atom stereocenters. The number of nitrogens with zero attached hydrogens (tertiary/aromatic N) is 1. The number of amides is 1. The van der Waals surface area contributed by atoms with Crippen LogP contribution in [0.5, 0.6) is 5.75 Å². The standard InChI is InChI=1S/C18H17N3O4S/c1-21(2)18(25)11-4-3-5-12(15(11)22)20-14-13(16(23)17(14)24)19-8-10-6-7-26-9-10/h3-7,9,19-20,22H,8H2,1-2H3. The van der Waals surface area contributed by atoms with Crippen molar-refractivity contribution in [3.63, 3.8) is 0 Å². The normalized spacial score (nSPS) is 10.7. The lowest BCUT2D eigenvalue weighted by Crippen LogP contribution is -2.36. The summed E-state index contributed by atoms with van der Waals surface area (Å²) in [4.78, 5) is 37.2. The highest BCUT2D eigenvalue weighted by atomic mass is 32.1. The van der Waals surface area contributed by atoms with E-state index in [0.717, 1.165) is 5.56 Å². The van der Waals surface area contributed by atoms with E-state index in [-0.39, 0.29) is 34.3 Å². The second-order valence-corrected chi connectivity index (χ2v) is 6.70. The first-order chi connectivity index (χ1) is 12.4. The molecule has 0 radical (unpaired) electrons. The highest BCUT2D eigenvalue weighted by Crippen LogP contribution is 2.32. The summed E-state index contributed by atoms with van der Waals surface area (Å²) in [5.41, 5.74) is 0.259. The van der Waals surface area contributed by atoms with Gasteiger partial charge in [-0.2, -0.15) is 11.3 Å². The van der Waals surface area contributed by atoms with E-state index in [0.29, 0.717) is 6.54 Å². The first kappa shape index (κ1) is 17.7. The Labute approximate surface area is 153 Å². The highest BCUT2D eigenvalue weighted by molar-refractivity contribution is 7.07. The van der Waals surface area contributed by atoms with E-state index in [1.807, 2.05) is 16.8 Å². The van der Waals surface area contributed by atoms with Gasteiger partial charge >= 0.3 is 0 Å². The van der Waals surface area contributed by atoms with Gasteiger partial charge in [-0.1, -0.05) is 6.07 Å². The number of para-hydroxylation sites is 1. The minimum Gasteiger partial charge on any atom is -0.505 e. The molecule has 134 valence electrons. The molecule has 2 aromatic carbocycles. The van der Waals surface area contributed by atoms with Gasteiger partial charge in [0.2, 0.25) is 0 Å². The van der Waals surface area contributed by atoms with Crippen molar-refractivity contribution in [3.8, 4) is 5.75 Å². The molecule has 0 aliphatic heterocycles. The van der Waals surface area contributed by atoms with Gasteiger partial charge in [0.15, 0.2) is 5.75 Å². The summed E-state index contributed by atoms with van der Waals surface area (Å²) in [6.07, 6.45) is 0. The van der Waals surface area contributed by atoms with Crippen molar-refractivity contribution in [2.75, 3.05) is 24.7 Å². The monoisotopic (exact) mass is 371 g/mol. The molecule has 0 fully saturated rings. The smallest absolute Gasteiger partial charge is 0.257 e. The van der Waals surface area contributed by atoms with E-state index in [4.69, 9.17) is 0 Å². The largest absolute Gasteiger partial charge is 0.505 e. The van der Waals surface area contributed by atoms with Crippen LogP contribution in [0.2, 0.25) is 0 Å². The minimum absolute atomic E-state index is 0.0787. The molecule has 1 aromatic heterocycles. The van der Waals surface area contributed by atoms with Crippen molar-refractivity contribution in [2.45, 2.75) is 6.54 Å². The summed E-state index contributed by atoms with van der Waals surface area (Å²) in [5.74, 6) is -0.644. The molecule has 7 nitrogen and oxygen atoms in total. The van der Waals surface area contributed by atoms with Crippen molar-refractivity contribution < 1.29 is 9.90 Å². The van der Waals surface area contributed by atoms with Gasteiger partial charge < -0.3 is 20.6 Å². The van der Waals surface area contributed by atoms with Crippen LogP contribution in [0.4, 0.5) is 17.1 Å². The maximum absolute atomic E-state index is 12.1. The van der Waals surface area contributed by atoms with Gasteiger partial charge in [-0.3, -0.25) is 14.4 Å². The van der Waals surface area contributed by atoms with Crippen LogP contribution >= 0.6 is 11.3 Å². The Balaban J connectivity index is 1.85. The number of anilines is 3. The molecule has 0 saturated carbocycles. The first-order valence-electron chi connectivity index (χ1n) is 7.79. The molecule has 1 heterocycles. The van der Waals surface area contributed by atoms with Crippen molar-refractivity contribution in [1.29, 1.82) is 0 Å². The zero-order valence-corrected chi connectivity index (χ0v) is 15.0. The summed E-state index contributed by atoms with van der Waals surface area (Å²) < 4.78 is 0. The predicted molar refractivity (Wildman–Crippen MR) is 102 cm³/mol. The molecular formula is C18H17N3O4S. The average Bonchev–Trinajstić information content (AvgIpc) is 3.14. The number of aromatic hydroxyl groups is 1. The van der Waals surface area contributed by atoms with Crippen LogP contribution < -0.4 is 21.5 Å². The number of phenolic OH excluding ortho intramolecular Hbond substituents is 1. The Morgan fingerprint density at radius 1 is 1.15 bits per heavy atom. The SMILES string of the molecule is CN(C)C(=O)c1cccc(Nc2c(NCc3ccsc3)c(=O)c2=O)c1O. The van der Waals surface area contributed by atoms with Crippen molar-refractivity contribution in [2.24, 2.45) is 0 Å². The molecule has 0 atom stereocenters. The van der Waals surface area contributed by atoms with Crippen LogP contribution in [0.1, 0.15) is 15.9 Å².